The molecule has 1 aromatic rings. The molecule has 0 spiro atoms. The minimum absolute atomic E-state index is 0.246. The summed E-state index contributed by atoms with van der Waals surface area (Å²) in [5.74, 6) is 0.698. The number of rotatable bonds is 3. The SMILES string of the molecule is C/C(=C\c1ccccc1)C(N)C1CCCCC1. The van der Waals surface area contributed by atoms with E-state index >= 15 is 0 Å². The smallest absolute Gasteiger partial charge is 0.0282 e. The molecule has 1 aliphatic rings. The molecule has 0 saturated heterocycles. The highest BCUT2D eigenvalue weighted by atomic mass is 14.7. The average Bonchev–Trinajstić information content (AvgIpc) is 2.40. The van der Waals surface area contributed by atoms with Crippen molar-refractivity contribution in [2.75, 3.05) is 0 Å². The monoisotopic (exact) mass is 229 g/mol. The van der Waals surface area contributed by atoms with Gasteiger partial charge in [-0.25, -0.2) is 0 Å². The van der Waals surface area contributed by atoms with E-state index in [2.05, 4.69) is 37.3 Å². The number of benzene rings is 1. The molecule has 1 saturated carbocycles. The highest BCUT2D eigenvalue weighted by molar-refractivity contribution is 5.53. The van der Waals surface area contributed by atoms with Gasteiger partial charge >= 0.3 is 0 Å². The molecule has 0 aromatic heterocycles. The molecular weight excluding hydrogens is 206 g/mol. The van der Waals surface area contributed by atoms with Crippen LogP contribution in [0.25, 0.3) is 6.08 Å². The summed E-state index contributed by atoms with van der Waals surface area (Å²) in [4.78, 5) is 0. The van der Waals surface area contributed by atoms with Crippen molar-refractivity contribution >= 4 is 6.08 Å². The molecule has 1 heteroatoms. The van der Waals surface area contributed by atoms with Gasteiger partial charge in [-0.1, -0.05) is 61.2 Å². The van der Waals surface area contributed by atoms with E-state index in [4.69, 9.17) is 5.73 Å². The van der Waals surface area contributed by atoms with Crippen LogP contribution in [0.15, 0.2) is 35.9 Å². The first kappa shape index (κ1) is 12.4. The van der Waals surface area contributed by atoms with Gasteiger partial charge in [0, 0.05) is 6.04 Å². The Balaban J connectivity index is 2.03. The van der Waals surface area contributed by atoms with E-state index in [-0.39, 0.29) is 6.04 Å². The molecular formula is C16H23N. The highest BCUT2D eigenvalue weighted by Crippen LogP contribution is 2.28. The summed E-state index contributed by atoms with van der Waals surface area (Å²) >= 11 is 0. The minimum Gasteiger partial charge on any atom is -0.324 e. The zero-order valence-corrected chi connectivity index (χ0v) is 10.7. The Labute approximate surface area is 105 Å². The number of nitrogens with two attached hydrogens (primary N) is 1. The largest absolute Gasteiger partial charge is 0.324 e. The third-order valence-corrected chi connectivity index (χ3v) is 3.88. The standard InChI is InChI=1S/C16H23N/c1-13(12-14-8-4-2-5-9-14)16(17)15-10-6-3-7-11-15/h2,4-5,8-9,12,15-16H,3,6-7,10-11,17H2,1H3/b13-12+. The normalized spacial score (nSPS) is 20.2. The minimum atomic E-state index is 0.246. The van der Waals surface area contributed by atoms with E-state index in [0.29, 0.717) is 5.92 Å². The van der Waals surface area contributed by atoms with Gasteiger partial charge in [-0.3, -0.25) is 0 Å². The van der Waals surface area contributed by atoms with E-state index in [1.54, 1.807) is 0 Å². The molecule has 1 fully saturated rings. The van der Waals surface area contributed by atoms with Crippen LogP contribution in [0, 0.1) is 5.92 Å². The Kier molecular flexibility index (Phi) is 4.38. The molecule has 0 radical (unpaired) electrons. The van der Waals surface area contributed by atoms with Crippen LogP contribution in [0.4, 0.5) is 0 Å². The molecule has 0 bridgehead atoms. The molecule has 1 nitrogen and oxygen atoms in total. The fourth-order valence-electron chi connectivity index (χ4n) is 2.77. The van der Waals surface area contributed by atoms with Crippen molar-refractivity contribution in [2.24, 2.45) is 11.7 Å². The van der Waals surface area contributed by atoms with Crippen LogP contribution in [0.2, 0.25) is 0 Å². The van der Waals surface area contributed by atoms with Crippen LogP contribution >= 0.6 is 0 Å². The van der Waals surface area contributed by atoms with Gasteiger partial charge in [-0.15, -0.1) is 0 Å². The van der Waals surface area contributed by atoms with Crippen molar-refractivity contribution in [3.8, 4) is 0 Å². The van der Waals surface area contributed by atoms with Gasteiger partial charge in [-0.2, -0.15) is 0 Å². The summed E-state index contributed by atoms with van der Waals surface area (Å²) in [5, 5.41) is 0. The molecule has 0 aliphatic heterocycles. The maximum Gasteiger partial charge on any atom is 0.0282 e. The molecule has 2 rings (SSSR count). The Morgan fingerprint density at radius 3 is 2.47 bits per heavy atom. The van der Waals surface area contributed by atoms with E-state index in [9.17, 15) is 0 Å². The quantitative estimate of drug-likeness (QED) is 0.833. The Bertz CT molecular complexity index is 360. The van der Waals surface area contributed by atoms with E-state index in [0.717, 1.165) is 0 Å². The second-order valence-corrected chi connectivity index (χ2v) is 5.22. The number of hydrogen-bond acceptors (Lipinski definition) is 1. The molecule has 0 amide bonds. The van der Waals surface area contributed by atoms with Crippen LogP contribution in [0.3, 0.4) is 0 Å². The van der Waals surface area contributed by atoms with Gasteiger partial charge in [-0.05, 0) is 31.2 Å². The van der Waals surface area contributed by atoms with Crippen LogP contribution in [0.1, 0.15) is 44.6 Å². The van der Waals surface area contributed by atoms with Gasteiger partial charge in [0.2, 0.25) is 0 Å². The summed E-state index contributed by atoms with van der Waals surface area (Å²) in [5.41, 5.74) is 8.95. The third kappa shape index (κ3) is 3.44. The number of hydrogen-bond donors (Lipinski definition) is 1. The lowest BCUT2D eigenvalue weighted by Crippen LogP contribution is -2.32. The predicted octanol–water partition coefficient (Wildman–Crippen LogP) is 4.00. The second-order valence-electron chi connectivity index (χ2n) is 5.22. The Morgan fingerprint density at radius 2 is 1.82 bits per heavy atom. The topological polar surface area (TPSA) is 26.0 Å². The molecule has 2 N–H and O–H groups in total. The fourth-order valence-corrected chi connectivity index (χ4v) is 2.77. The first-order chi connectivity index (χ1) is 8.27. The van der Waals surface area contributed by atoms with Gasteiger partial charge in [0.25, 0.3) is 0 Å². The van der Waals surface area contributed by atoms with Crippen molar-refractivity contribution in [2.45, 2.75) is 45.1 Å². The summed E-state index contributed by atoms with van der Waals surface area (Å²) < 4.78 is 0. The maximum atomic E-state index is 6.37. The van der Waals surface area contributed by atoms with Gasteiger partial charge in [0.05, 0.1) is 0 Å². The lowest BCUT2D eigenvalue weighted by Gasteiger charge is -2.28. The first-order valence-electron chi connectivity index (χ1n) is 6.76. The second kappa shape index (κ2) is 6.02. The van der Waals surface area contributed by atoms with E-state index < -0.39 is 0 Å². The molecule has 0 heterocycles. The molecule has 1 aromatic carbocycles. The maximum absolute atomic E-state index is 6.37. The Morgan fingerprint density at radius 1 is 1.18 bits per heavy atom. The first-order valence-corrected chi connectivity index (χ1v) is 6.76. The van der Waals surface area contributed by atoms with E-state index in [1.165, 1.54) is 43.2 Å². The highest BCUT2D eigenvalue weighted by Gasteiger charge is 2.21. The molecule has 92 valence electrons. The molecule has 1 unspecified atom stereocenters. The summed E-state index contributed by atoms with van der Waals surface area (Å²) in [6.07, 6.45) is 8.96. The van der Waals surface area contributed by atoms with Gasteiger partial charge in [0.15, 0.2) is 0 Å². The summed E-state index contributed by atoms with van der Waals surface area (Å²) in [6.45, 7) is 2.17. The molecule has 1 atom stereocenters. The van der Waals surface area contributed by atoms with Crippen LogP contribution in [-0.4, -0.2) is 6.04 Å². The van der Waals surface area contributed by atoms with E-state index in [1.807, 2.05) is 6.07 Å². The molecule has 1 aliphatic carbocycles. The van der Waals surface area contributed by atoms with Gasteiger partial charge in [0.1, 0.15) is 0 Å². The van der Waals surface area contributed by atoms with Crippen molar-refractivity contribution in [1.29, 1.82) is 0 Å². The van der Waals surface area contributed by atoms with Crippen LogP contribution in [0.5, 0.6) is 0 Å². The fraction of sp³-hybridized carbons (Fsp3) is 0.500. The zero-order chi connectivity index (χ0) is 12.1. The lowest BCUT2D eigenvalue weighted by molar-refractivity contribution is 0.326. The van der Waals surface area contributed by atoms with Crippen LogP contribution in [-0.2, 0) is 0 Å². The van der Waals surface area contributed by atoms with Crippen molar-refractivity contribution in [3.05, 3.63) is 41.5 Å². The molecule has 17 heavy (non-hydrogen) atoms. The lowest BCUT2D eigenvalue weighted by atomic mass is 9.81. The third-order valence-electron chi connectivity index (χ3n) is 3.88. The van der Waals surface area contributed by atoms with Crippen molar-refractivity contribution in [1.82, 2.24) is 0 Å². The van der Waals surface area contributed by atoms with Crippen LogP contribution < -0.4 is 5.73 Å². The Hall–Kier alpha value is -1.08. The van der Waals surface area contributed by atoms with Gasteiger partial charge < -0.3 is 5.73 Å². The summed E-state index contributed by atoms with van der Waals surface area (Å²) in [7, 11) is 0. The van der Waals surface area contributed by atoms with Crippen molar-refractivity contribution in [3.63, 3.8) is 0 Å². The summed E-state index contributed by atoms with van der Waals surface area (Å²) in [6, 6.07) is 10.7. The average molecular weight is 229 g/mol. The zero-order valence-electron chi connectivity index (χ0n) is 10.7. The van der Waals surface area contributed by atoms with Crippen molar-refractivity contribution < 1.29 is 0 Å². The predicted molar refractivity (Wildman–Crippen MR) is 74.6 cm³/mol.